The molecule has 0 aliphatic carbocycles. The van der Waals surface area contributed by atoms with Crippen molar-refractivity contribution in [1.29, 1.82) is 0 Å². The van der Waals surface area contributed by atoms with Crippen LogP contribution in [0, 0.1) is 41.4 Å². The van der Waals surface area contributed by atoms with Gasteiger partial charge in [0.15, 0.2) is 0 Å². The summed E-state index contributed by atoms with van der Waals surface area (Å²) < 4.78 is 5.82. The van der Waals surface area contributed by atoms with E-state index >= 15 is 24.0 Å². The molecule has 1 fully saturated rings. The summed E-state index contributed by atoms with van der Waals surface area (Å²) in [7, 11) is 8.79. The van der Waals surface area contributed by atoms with Crippen molar-refractivity contribution in [2.75, 3.05) is 75.6 Å². The van der Waals surface area contributed by atoms with E-state index in [2.05, 4.69) is 53.2 Å². The van der Waals surface area contributed by atoms with Crippen LogP contribution in [0.3, 0.4) is 0 Å². The molecule has 18 amide bonds. The number of carbonyl (C=O) groups is 25. The fraction of sp³-hybridized carbons (Fsp3) is 0.713. The number of amides is 18. The van der Waals surface area contributed by atoms with E-state index in [0.717, 1.165) is 41.3 Å². The van der Waals surface area contributed by atoms with E-state index in [1.807, 2.05) is 5.32 Å². The Balaban J connectivity index is 4.49. The average molecular weight is 2080 g/mol. The van der Waals surface area contributed by atoms with Gasteiger partial charge in [-0.05, 0) is 119 Å². The molecule has 52 heteroatoms. The van der Waals surface area contributed by atoms with Crippen LogP contribution in [-0.2, 0) is 125 Å². The normalized spacial score (nSPS) is 21.4. The maximum atomic E-state index is 15.7. The van der Waals surface area contributed by atoms with E-state index in [9.17, 15) is 132 Å². The van der Waals surface area contributed by atoms with E-state index in [0.29, 0.717) is 0 Å². The SMILES string of the molecule is C/C=C\C[C@@H](C)[C@@H](O)C1C(=O)N[C@@H](CC)C(=O)N(C)CC(=O)N(C)[C@@H](C(C)C)C(=O)N[C@@H](C(C)C)C(=O)N(C)[C@@H](C(C)C)C(=O)N[C@@H](C)C(=O)N[C@H](COCC(=O)NC(CCC(=O)O)C(=O)NC(CCC(=O)O)C(=O)NC(CCC(=O)O)C(=O)NC(CCC(=O)O)C(=O)NC(CCC(=O)O)C(=O)NC(CCC(=O)O)C(=O)NCC(=O)O)C(=O)N(C)[C@@H](CC(C)C)C(=O)N(C)[C@@H](CC(C)C)C(=O)N(C)[C@@H](C(C)C)C(=O)N1C. The number of ether oxygens (including phenoxy) is 1. The number of hydrogen-bond donors (Lipinski definition) is 19. The Bertz CT molecular complexity index is 4620. The maximum Gasteiger partial charge on any atom is 0.322 e. The highest BCUT2D eigenvalue weighted by molar-refractivity contribution is 6.02. The molecule has 824 valence electrons. The summed E-state index contributed by atoms with van der Waals surface area (Å²) in [4.78, 5) is 354. The van der Waals surface area contributed by atoms with Gasteiger partial charge in [-0.15, -0.1) is 0 Å². The third-order valence-corrected chi connectivity index (χ3v) is 24.3. The van der Waals surface area contributed by atoms with E-state index in [1.165, 1.54) is 49.2 Å². The van der Waals surface area contributed by atoms with Gasteiger partial charge in [-0.2, -0.15) is 0 Å². The number of allylic oxidation sites excluding steroid dienone is 2. The van der Waals surface area contributed by atoms with Crippen LogP contribution >= 0.6 is 0 Å². The summed E-state index contributed by atoms with van der Waals surface area (Å²) in [5, 5.41) is 105. The van der Waals surface area contributed by atoms with Gasteiger partial charge in [0.2, 0.25) is 106 Å². The molecule has 1 saturated heterocycles. The minimum atomic E-state index is -2.17. The zero-order valence-electron chi connectivity index (χ0n) is 87.5. The predicted octanol–water partition coefficient (Wildman–Crippen LogP) is -3.22. The standard InChI is InChI=1S/C94H154N18O34/c1-24-26-27-52(15)78(129)77-88(139)98-54(25-2)89(140)106(17)43-65(114)109(20)74(49(9)10)87(138)105-73(48(7)8)93(144)110(21)75(50(11)12)86(137)96-53(16)79(130)104-61(90(141)107(18)62(40-46(3)4)91(142)108(19)63(41-47(5)6)92(143)111(22)76(51(13)14)94(145)112(77)23)44-146-45-64(113)97-56(29-35-67(117)118)81(132)100-58(31-37-69(121)122)83(134)102-60(33-39-71(125)126)85(136)103-59(32-38-70(123)124)84(135)101-57(30-36-68(119)120)82(133)99-55(28-34-66(115)116)80(131)95-42-72(127)128/h24,26,46-63,73-78,129H,25,27-45H2,1-23H3,(H,95,131)(H,96,137)(H,97,113)(H,98,139)(H,99,133)(H,100,132)(H,101,135)(H,102,134)(H,103,136)(H,104,130)(H,105,138)(H,115,116)(H,117,118)(H,119,120)(H,121,122)(H,123,124)(H,125,126)(H,127,128)/b26-24-/t52-,53+,54+,55?,56?,57?,58?,59?,60?,61-,62+,63+,73+,74+,75+,76+,77?,78-/m1/s1. The lowest BCUT2D eigenvalue weighted by molar-refractivity contribution is -0.157. The summed E-state index contributed by atoms with van der Waals surface area (Å²) in [5.41, 5.74) is 0. The molecule has 0 bridgehead atoms. The first-order valence-electron chi connectivity index (χ1n) is 48.3. The van der Waals surface area contributed by atoms with Gasteiger partial charge < -0.3 is 138 Å². The number of aliphatic carboxylic acids is 7. The van der Waals surface area contributed by atoms with Crippen molar-refractivity contribution in [1.82, 2.24) is 92.8 Å². The lowest BCUT2D eigenvalue weighted by atomic mass is 9.91. The molecule has 146 heavy (non-hydrogen) atoms. The molecule has 0 aromatic carbocycles. The van der Waals surface area contributed by atoms with Crippen LogP contribution in [-0.4, -0.2) is 402 Å². The van der Waals surface area contributed by atoms with Crippen LogP contribution in [0.1, 0.15) is 214 Å². The summed E-state index contributed by atoms with van der Waals surface area (Å²) in [6.45, 7) is 21.6. The van der Waals surface area contributed by atoms with Crippen molar-refractivity contribution >= 4 is 148 Å². The molecule has 1 heterocycles. The van der Waals surface area contributed by atoms with Crippen LogP contribution in [0.2, 0.25) is 0 Å². The van der Waals surface area contributed by atoms with Gasteiger partial charge in [-0.25, -0.2) is 0 Å². The third-order valence-electron chi connectivity index (χ3n) is 24.3. The van der Waals surface area contributed by atoms with Crippen molar-refractivity contribution in [2.24, 2.45) is 41.4 Å². The Morgan fingerprint density at radius 3 is 1.08 bits per heavy atom. The zero-order valence-corrected chi connectivity index (χ0v) is 87.5. The number of carboxylic acid groups (broad SMARTS) is 7. The minimum Gasteiger partial charge on any atom is -0.481 e. The molecule has 18 atom stereocenters. The molecule has 1 aliphatic rings. The number of nitrogens with one attached hydrogen (secondary N) is 11. The molecule has 0 aromatic rings. The Kier molecular flexibility index (Phi) is 56.2. The largest absolute Gasteiger partial charge is 0.481 e. The van der Waals surface area contributed by atoms with E-state index in [-0.39, 0.29) is 25.7 Å². The fourth-order valence-electron chi connectivity index (χ4n) is 16.1. The van der Waals surface area contributed by atoms with Crippen molar-refractivity contribution in [3.63, 3.8) is 0 Å². The smallest absolute Gasteiger partial charge is 0.322 e. The van der Waals surface area contributed by atoms with Crippen LogP contribution in [0.5, 0.6) is 0 Å². The molecule has 0 radical (unpaired) electrons. The average Bonchev–Trinajstić information content (AvgIpc) is 0.799. The number of hydrogen-bond acceptors (Lipinski definition) is 27. The Morgan fingerprint density at radius 1 is 0.384 bits per heavy atom. The van der Waals surface area contributed by atoms with Gasteiger partial charge in [0.05, 0.1) is 19.3 Å². The zero-order chi connectivity index (χ0) is 112. The number of rotatable bonds is 49. The van der Waals surface area contributed by atoms with Crippen LogP contribution in [0.15, 0.2) is 12.2 Å². The number of likely N-dealkylation sites (N-methyl/N-ethyl adjacent to an activating group) is 7. The number of aliphatic hydroxyl groups is 1. The molecular weight excluding hydrogens is 1930 g/mol. The monoisotopic (exact) mass is 2080 g/mol. The third kappa shape index (κ3) is 43.0. The van der Waals surface area contributed by atoms with Gasteiger partial charge in [0.25, 0.3) is 0 Å². The molecule has 0 aromatic heterocycles. The quantitative estimate of drug-likeness (QED) is 0.0267. The molecule has 1 aliphatic heterocycles. The summed E-state index contributed by atoms with van der Waals surface area (Å²) in [5.74, 6) is -36.0. The maximum absolute atomic E-state index is 15.7. The predicted molar refractivity (Wildman–Crippen MR) is 518 cm³/mol. The van der Waals surface area contributed by atoms with Crippen LogP contribution in [0.25, 0.3) is 0 Å². The van der Waals surface area contributed by atoms with Crippen LogP contribution < -0.4 is 58.5 Å². The van der Waals surface area contributed by atoms with Crippen LogP contribution in [0.4, 0.5) is 0 Å². The number of aliphatic hydroxyl groups excluding tert-OH is 1. The van der Waals surface area contributed by atoms with E-state index in [4.69, 9.17) is 9.84 Å². The minimum absolute atomic E-state index is 0.0969. The highest BCUT2D eigenvalue weighted by atomic mass is 16.5. The first kappa shape index (κ1) is 130. The van der Waals surface area contributed by atoms with Gasteiger partial charge in [-0.1, -0.05) is 109 Å². The van der Waals surface area contributed by atoms with Crippen molar-refractivity contribution < 1.29 is 165 Å². The number of carboxylic acids is 7. The number of carbonyl (C=O) groups excluding carboxylic acids is 18. The van der Waals surface area contributed by atoms with Gasteiger partial charge in [0, 0.05) is 87.9 Å². The molecule has 19 N–H and O–H groups in total. The highest BCUT2D eigenvalue weighted by Gasteiger charge is 2.48. The van der Waals surface area contributed by atoms with Crippen molar-refractivity contribution in [3.05, 3.63) is 12.2 Å². The molecular formula is C94H154N18O34. The van der Waals surface area contributed by atoms with Crippen molar-refractivity contribution in [2.45, 2.75) is 316 Å². The lowest BCUT2D eigenvalue weighted by Gasteiger charge is -2.41. The second-order valence-electron chi connectivity index (χ2n) is 38.7. The van der Waals surface area contributed by atoms with Crippen molar-refractivity contribution in [3.8, 4) is 0 Å². The summed E-state index contributed by atoms with van der Waals surface area (Å²) in [6, 6.07) is -28.1. The number of nitrogens with zero attached hydrogens (tertiary/aromatic N) is 7. The molecule has 0 spiro atoms. The summed E-state index contributed by atoms with van der Waals surface area (Å²) >= 11 is 0. The van der Waals surface area contributed by atoms with Gasteiger partial charge in [-0.3, -0.25) is 120 Å². The first-order chi connectivity index (χ1) is 67.7. The topological polar surface area (TPSA) is 753 Å². The van der Waals surface area contributed by atoms with Gasteiger partial charge in [0.1, 0.15) is 110 Å². The Labute approximate surface area is 848 Å². The molecule has 7 unspecified atom stereocenters. The second kappa shape index (κ2) is 63.0. The highest BCUT2D eigenvalue weighted by Crippen LogP contribution is 2.27. The van der Waals surface area contributed by atoms with E-state index < -0.39 is 396 Å². The Morgan fingerprint density at radius 2 is 0.719 bits per heavy atom. The lowest BCUT2D eigenvalue weighted by Crippen LogP contribution is -2.63. The molecule has 1 rings (SSSR count). The summed E-state index contributed by atoms with van der Waals surface area (Å²) in [6.07, 6.45) is -9.36. The fourth-order valence-corrected chi connectivity index (χ4v) is 16.1. The molecule has 52 nitrogen and oxygen atoms in total. The van der Waals surface area contributed by atoms with Gasteiger partial charge >= 0.3 is 41.8 Å². The van der Waals surface area contributed by atoms with E-state index in [1.54, 1.807) is 116 Å². The second-order valence-corrected chi connectivity index (χ2v) is 38.7. The Hall–Kier alpha value is -13.6. The molecule has 0 saturated carbocycles. The first-order valence-corrected chi connectivity index (χ1v) is 48.3.